The number of hydrogen-bond acceptors (Lipinski definition) is 3. The van der Waals surface area contributed by atoms with Crippen LogP contribution in [0.3, 0.4) is 0 Å². The number of aryl methyl sites for hydroxylation is 1. The van der Waals surface area contributed by atoms with Crippen molar-refractivity contribution in [1.29, 1.82) is 0 Å². The monoisotopic (exact) mass is 288 g/mol. The van der Waals surface area contributed by atoms with E-state index in [1.54, 1.807) is 0 Å². The van der Waals surface area contributed by atoms with Crippen LogP contribution in [0.4, 0.5) is 0 Å². The van der Waals surface area contributed by atoms with Gasteiger partial charge >= 0.3 is 0 Å². The summed E-state index contributed by atoms with van der Waals surface area (Å²) < 4.78 is 5.39. The van der Waals surface area contributed by atoms with Crippen molar-refractivity contribution in [3.63, 3.8) is 0 Å². The quantitative estimate of drug-likeness (QED) is 0.884. The number of benzene rings is 1. The average molecular weight is 288 g/mol. The lowest BCUT2D eigenvalue weighted by Gasteiger charge is -2.38. The zero-order valence-corrected chi connectivity index (χ0v) is 12.4. The molecule has 3 N–H and O–H groups in total. The minimum absolute atomic E-state index is 0.0752. The van der Waals surface area contributed by atoms with Gasteiger partial charge < -0.3 is 15.8 Å². The second kappa shape index (κ2) is 6.16. The summed E-state index contributed by atoms with van der Waals surface area (Å²) in [6, 6.07) is 8.44. The van der Waals surface area contributed by atoms with Crippen LogP contribution in [0.2, 0.25) is 0 Å². The molecule has 114 valence electrons. The van der Waals surface area contributed by atoms with Gasteiger partial charge in [-0.1, -0.05) is 24.3 Å². The molecule has 1 aromatic carbocycles. The van der Waals surface area contributed by atoms with E-state index in [1.165, 1.54) is 11.1 Å². The number of carbonyl (C=O) groups is 1. The molecule has 1 aliphatic carbocycles. The molecular formula is C17H24N2O2. The lowest BCUT2D eigenvalue weighted by molar-refractivity contribution is -0.128. The molecule has 0 radical (unpaired) electrons. The summed E-state index contributed by atoms with van der Waals surface area (Å²) in [5.41, 5.74) is 8.37. The van der Waals surface area contributed by atoms with Crippen LogP contribution in [-0.4, -0.2) is 31.2 Å². The Balaban J connectivity index is 1.66. The molecule has 1 aromatic rings. The summed E-state index contributed by atoms with van der Waals surface area (Å²) >= 11 is 0. The molecule has 0 bridgehead atoms. The van der Waals surface area contributed by atoms with Crippen molar-refractivity contribution in [2.45, 2.75) is 37.6 Å². The molecule has 4 heteroatoms. The fourth-order valence-corrected chi connectivity index (χ4v) is 3.43. The van der Waals surface area contributed by atoms with Gasteiger partial charge in [0.2, 0.25) is 5.91 Å². The summed E-state index contributed by atoms with van der Waals surface area (Å²) in [5, 5.41) is 3.24. The van der Waals surface area contributed by atoms with Crippen molar-refractivity contribution in [2.75, 3.05) is 19.8 Å². The highest BCUT2D eigenvalue weighted by molar-refractivity contribution is 5.80. The minimum Gasteiger partial charge on any atom is -0.381 e. The number of rotatable bonds is 3. The smallest absolute Gasteiger partial charge is 0.223 e. The number of nitrogens with two attached hydrogens (primary N) is 1. The lowest BCUT2D eigenvalue weighted by Crippen LogP contribution is -2.58. The van der Waals surface area contributed by atoms with Crippen LogP contribution in [0.1, 0.15) is 30.4 Å². The first-order valence-corrected chi connectivity index (χ1v) is 7.89. The number of fused-ring (bicyclic) bond motifs is 1. The number of carbonyl (C=O) groups excluding carboxylic acids is 1. The van der Waals surface area contributed by atoms with Crippen molar-refractivity contribution in [3.8, 4) is 0 Å². The van der Waals surface area contributed by atoms with E-state index in [0.717, 1.165) is 32.1 Å². The number of ether oxygens (including phenoxy) is 1. The topological polar surface area (TPSA) is 64.3 Å². The molecule has 1 aliphatic heterocycles. The Labute approximate surface area is 126 Å². The van der Waals surface area contributed by atoms with Crippen molar-refractivity contribution in [3.05, 3.63) is 35.4 Å². The molecule has 2 aliphatic rings. The maximum Gasteiger partial charge on any atom is 0.223 e. The van der Waals surface area contributed by atoms with Crippen LogP contribution in [0.25, 0.3) is 0 Å². The highest BCUT2D eigenvalue weighted by Crippen LogP contribution is 2.27. The van der Waals surface area contributed by atoms with Gasteiger partial charge in [-0.3, -0.25) is 4.79 Å². The number of hydrogen-bond donors (Lipinski definition) is 2. The van der Waals surface area contributed by atoms with Crippen LogP contribution in [0, 0.1) is 5.92 Å². The number of nitrogens with one attached hydrogen (secondary N) is 1. The van der Waals surface area contributed by atoms with Crippen molar-refractivity contribution < 1.29 is 9.53 Å². The third kappa shape index (κ3) is 3.11. The van der Waals surface area contributed by atoms with E-state index in [4.69, 9.17) is 10.5 Å². The first-order chi connectivity index (χ1) is 10.2. The van der Waals surface area contributed by atoms with E-state index in [2.05, 4.69) is 29.6 Å². The SMILES string of the molecule is NCC1(NC(=O)C2CCc3ccccc3C2)CCOCC1. The van der Waals surface area contributed by atoms with Crippen LogP contribution < -0.4 is 11.1 Å². The van der Waals surface area contributed by atoms with Gasteiger partial charge in [-0.05, 0) is 43.2 Å². The molecular weight excluding hydrogens is 264 g/mol. The Hall–Kier alpha value is -1.39. The molecule has 1 fully saturated rings. The first kappa shape index (κ1) is 14.5. The predicted octanol–water partition coefficient (Wildman–Crippen LogP) is 1.42. The van der Waals surface area contributed by atoms with Crippen LogP contribution in [-0.2, 0) is 22.4 Å². The van der Waals surface area contributed by atoms with Gasteiger partial charge in [0.05, 0.1) is 5.54 Å². The van der Waals surface area contributed by atoms with Gasteiger partial charge in [0.1, 0.15) is 0 Å². The van der Waals surface area contributed by atoms with Crippen molar-refractivity contribution in [2.24, 2.45) is 11.7 Å². The zero-order chi connectivity index (χ0) is 14.7. The maximum absolute atomic E-state index is 12.6. The largest absolute Gasteiger partial charge is 0.381 e. The molecule has 0 saturated carbocycles. The van der Waals surface area contributed by atoms with Gasteiger partial charge in [0, 0.05) is 25.7 Å². The second-order valence-corrected chi connectivity index (χ2v) is 6.29. The second-order valence-electron chi connectivity index (χ2n) is 6.29. The average Bonchev–Trinajstić information content (AvgIpc) is 2.55. The van der Waals surface area contributed by atoms with Crippen molar-refractivity contribution >= 4 is 5.91 Å². The van der Waals surface area contributed by atoms with E-state index in [9.17, 15) is 4.79 Å². The molecule has 0 aromatic heterocycles. The molecule has 1 heterocycles. The summed E-state index contributed by atoms with van der Waals surface area (Å²) in [6.45, 7) is 1.86. The highest BCUT2D eigenvalue weighted by atomic mass is 16.5. The molecule has 1 unspecified atom stereocenters. The van der Waals surface area contributed by atoms with Gasteiger partial charge in [-0.25, -0.2) is 0 Å². The van der Waals surface area contributed by atoms with E-state index >= 15 is 0 Å². The summed E-state index contributed by atoms with van der Waals surface area (Å²) in [4.78, 5) is 12.6. The molecule has 0 spiro atoms. The highest BCUT2D eigenvalue weighted by Gasteiger charge is 2.35. The van der Waals surface area contributed by atoms with E-state index in [1.807, 2.05) is 0 Å². The van der Waals surface area contributed by atoms with Gasteiger partial charge in [-0.15, -0.1) is 0 Å². The maximum atomic E-state index is 12.6. The molecule has 3 rings (SSSR count). The van der Waals surface area contributed by atoms with E-state index in [0.29, 0.717) is 19.8 Å². The third-order valence-electron chi connectivity index (χ3n) is 4.95. The van der Waals surface area contributed by atoms with Crippen molar-refractivity contribution in [1.82, 2.24) is 5.32 Å². The Kier molecular flexibility index (Phi) is 4.27. The Morgan fingerprint density at radius 1 is 1.29 bits per heavy atom. The van der Waals surface area contributed by atoms with E-state index < -0.39 is 0 Å². The fourth-order valence-electron chi connectivity index (χ4n) is 3.43. The Bertz CT molecular complexity index is 509. The third-order valence-corrected chi connectivity index (χ3v) is 4.95. The molecule has 21 heavy (non-hydrogen) atoms. The number of amides is 1. The first-order valence-electron chi connectivity index (χ1n) is 7.89. The van der Waals surface area contributed by atoms with Crippen LogP contribution >= 0.6 is 0 Å². The van der Waals surface area contributed by atoms with Crippen LogP contribution in [0.5, 0.6) is 0 Å². The minimum atomic E-state index is -0.258. The lowest BCUT2D eigenvalue weighted by atomic mass is 9.82. The fraction of sp³-hybridized carbons (Fsp3) is 0.588. The summed E-state index contributed by atoms with van der Waals surface area (Å²) in [7, 11) is 0. The zero-order valence-electron chi connectivity index (χ0n) is 12.4. The van der Waals surface area contributed by atoms with Gasteiger partial charge in [-0.2, -0.15) is 0 Å². The van der Waals surface area contributed by atoms with Gasteiger partial charge in [0.25, 0.3) is 0 Å². The molecule has 4 nitrogen and oxygen atoms in total. The van der Waals surface area contributed by atoms with Crippen LogP contribution in [0.15, 0.2) is 24.3 Å². The summed E-state index contributed by atoms with van der Waals surface area (Å²) in [6.07, 6.45) is 4.41. The Morgan fingerprint density at radius 2 is 2.00 bits per heavy atom. The molecule has 1 atom stereocenters. The molecule has 1 saturated heterocycles. The predicted molar refractivity (Wildman–Crippen MR) is 81.9 cm³/mol. The normalized spacial score (nSPS) is 24.1. The summed E-state index contributed by atoms with van der Waals surface area (Å²) in [5.74, 6) is 0.239. The van der Waals surface area contributed by atoms with Gasteiger partial charge in [0.15, 0.2) is 0 Å². The molecule has 1 amide bonds. The van der Waals surface area contributed by atoms with E-state index in [-0.39, 0.29) is 17.4 Å². The Morgan fingerprint density at radius 3 is 2.71 bits per heavy atom. The standard InChI is InChI=1S/C17H24N2O2/c18-12-17(7-9-21-10-8-17)19-16(20)15-6-5-13-3-1-2-4-14(13)11-15/h1-4,15H,5-12,18H2,(H,19,20).